The molecule has 0 aromatic heterocycles. The molecular formula is C73H134NO8P. The number of hydrogen-bond donors (Lipinski definition) is 2. The highest BCUT2D eigenvalue weighted by atomic mass is 31.2. The van der Waals surface area contributed by atoms with Crippen molar-refractivity contribution < 1.29 is 37.6 Å². The molecule has 0 saturated carbocycles. The fourth-order valence-corrected chi connectivity index (χ4v) is 11.2. The molecule has 0 bridgehead atoms. The summed E-state index contributed by atoms with van der Waals surface area (Å²) in [6, 6.07) is 0. The molecule has 0 spiro atoms. The number of unbranched alkanes of at least 4 members (excludes halogenated alkanes) is 42. The van der Waals surface area contributed by atoms with Gasteiger partial charge in [0.1, 0.15) is 6.61 Å². The number of nitrogens with two attached hydrogens (primary N) is 1. The zero-order chi connectivity index (χ0) is 60.1. The number of carbonyl (C=O) groups is 2. The van der Waals surface area contributed by atoms with Crippen molar-refractivity contribution in [1.82, 2.24) is 0 Å². The van der Waals surface area contributed by atoms with Crippen LogP contribution < -0.4 is 5.73 Å². The average molecular weight is 1180 g/mol. The quantitative estimate of drug-likeness (QED) is 0.0264. The van der Waals surface area contributed by atoms with Gasteiger partial charge >= 0.3 is 19.8 Å². The van der Waals surface area contributed by atoms with E-state index in [1.165, 1.54) is 244 Å². The van der Waals surface area contributed by atoms with E-state index in [-0.39, 0.29) is 38.6 Å². The predicted octanol–water partition coefficient (Wildman–Crippen LogP) is 23.2. The highest BCUT2D eigenvalue weighted by Gasteiger charge is 2.26. The number of phosphoric acid groups is 1. The molecule has 0 fully saturated rings. The molecule has 484 valence electrons. The molecule has 3 N–H and O–H groups in total. The fourth-order valence-electron chi connectivity index (χ4n) is 10.4. The van der Waals surface area contributed by atoms with Gasteiger partial charge in [-0.15, -0.1) is 0 Å². The molecule has 0 rings (SSSR count). The lowest BCUT2D eigenvalue weighted by Crippen LogP contribution is -2.29. The Hall–Kier alpha value is -2.55. The lowest BCUT2D eigenvalue weighted by atomic mass is 10.0. The molecule has 0 aliphatic heterocycles. The van der Waals surface area contributed by atoms with Crippen LogP contribution in [0.1, 0.15) is 348 Å². The molecule has 0 aliphatic rings. The predicted molar refractivity (Wildman–Crippen MR) is 358 cm³/mol. The number of allylic oxidation sites excluding steroid dienone is 12. The molecule has 0 aliphatic carbocycles. The van der Waals surface area contributed by atoms with Gasteiger partial charge in [-0.1, -0.05) is 344 Å². The van der Waals surface area contributed by atoms with E-state index in [9.17, 15) is 19.0 Å². The van der Waals surface area contributed by atoms with E-state index in [0.717, 1.165) is 70.6 Å². The lowest BCUT2D eigenvalue weighted by molar-refractivity contribution is -0.161. The SMILES string of the molecule is CC/C=C\C/C=C\C/C=C\C/C=C\C/C=C\C/C=C\CCCCCCCCCCCCCCCCCCCCCCCCC(=O)OC(COC(=O)CCCCCCCCCCCCCCCCCCCCCCC)COP(=O)(O)OCCN. The van der Waals surface area contributed by atoms with E-state index in [1.807, 2.05) is 0 Å². The maximum atomic E-state index is 12.8. The van der Waals surface area contributed by atoms with Gasteiger partial charge in [0.2, 0.25) is 0 Å². The Bertz CT molecular complexity index is 1590. The molecule has 0 saturated heterocycles. The van der Waals surface area contributed by atoms with E-state index in [2.05, 4.69) is 86.8 Å². The zero-order valence-electron chi connectivity index (χ0n) is 54.4. The van der Waals surface area contributed by atoms with Crippen LogP contribution in [0.2, 0.25) is 0 Å². The van der Waals surface area contributed by atoms with Gasteiger partial charge in [0.15, 0.2) is 6.10 Å². The van der Waals surface area contributed by atoms with Crippen LogP contribution in [0.4, 0.5) is 0 Å². The number of esters is 2. The molecule has 0 aromatic carbocycles. The molecule has 0 amide bonds. The minimum atomic E-state index is -4.39. The van der Waals surface area contributed by atoms with Crippen molar-refractivity contribution in [3.8, 4) is 0 Å². The maximum absolute atomic E-state index is 12.8. The van der Waals surface area contributed by atoms with Crippen LogP contribution in [-0.2, 0) is 32.7 Å². The second kappa shape index (κ2) is 68.6. The molecule has 83 heavy (non-hydrogen) atoms. The summed E-state index contributed by atoms with van der Waals surface area (Å²) < 4.78 is 33.2. The second-order valence-corrected chi connectivity index (χ2v) is 25.2. The van der Waals surface area contributed by atoms with E-state index < -0.39 is 26.5 Å². The first-order chi connectivity index (χ1) is 40.8. The summed E-state index contributed by atoms with van der Waals surface area (Å²) in [5.74, 6) is -0.807. The molecule has 2 unspecified atom stereocenters. The summed E-state index contributed by atoms with van der Waals surface area (Å²) in [7, 11) is -4.39. The largest absolute Gasteiger partial charge is 0.472 e. The van der Waals surface area contributed by atoms with Gasteiger partial charge < -0.3 is 20.1 Å². The van der Waals surface area contributed by atoms with Crippen molar-refractivity contribution in [2.24, 2.45) is 5.73 Å². The van der Waals surface area contributed by atoms with Gasteiger partial charge in [-0.05, 0) is 64.2 Å². The fraction of sp³-hybridized carbons (Fsp3) is 0.808. The van der Waals surface area contributed by atoms with Crippen LogP contribution >= 0.6 is 7.82 Å². The van der Waals surface area contributed by atoms with Gasteiger partial charge in [0.25, 0.3) is 0 Å². The van der Waals surface area contributed by atoms with Crippen LogP contribution in [0.15, 0.2) is 72.9 Å². The minimum absolute atomic E-state index is 0.0553. The third-order valence-corrected chi connectivity index (χ3v) is 16.6. The number of rotatable bonds is 67. The van der Waals surface area contributed by atoms with E-state index in [0.29, 0.717) is 6.42 Å². The average Bonchev–Trinajstić information content (AvgIpc) is 3.49. The van der Waals surface area contributed by atoms with Gasteiger partial charge in [0, 0.05) is 19.4 Å². The van der Waals surface area contributed by atoms with Crippen molar-refractivity contribution in [3.05, 3.63) is 72.9 Å². The Morgan fingerprint density at radius 2 is 0.663 bits per heavy atom. The molecule has 0 aromatic rings. The van der Waals surface area contributed by atoms with Gasteiger partial charge in [0.05, 0.1) is 13.2 Å². The standard InChI is InChI=1S/C73H134NO8P/c1-3-5-7-9-11-13-15-17-19-21-23-25-26-27-28-29-30-31-32-33-34-35-36-37-38-39-40-41-42-43-44-46-48-50-52-54-56-58-60-62-64-66-73(76)82-71(70-81-83(77,78)80-68-67-74)69-79-72(75)65-63-61-59-57-55-53-51-49-47-45-24-22-20-18-16-14-12-10-8-6-4-2/h5,7,11,13,17,19,23,25,27-28,30-31,71H,3-4,6,8-10,12,14-16,18,20-22,24,26,29,32-70,74H2,1-2H3,(H,77,78)/b7-5-,13-11-,19-17-,25-23-,28-27-,31-30-. The summed E-state index contributed by atoms with van der Waals surface area (Å²) in [5, 5.41) is 0. The first kappa shape index (κ1) is 80.5. The first-order valence-electron chi connectivity index (χ1n) is 35.4. The summed E-state index contributed by atoms with van der Waals surface area (Å²) in [6.45, 7) is 3.69. The van der Waals surface area contributed by atoms with Gasteiger partial charge in [-0.25, -0.2) is 4.57 Å². The van der Waals surface area contributed by atoms with Gasteiger partial charge in [-0.2, -0.15) is 0 Å². The second-order valence-electron chi connectivity index (χ2n) is 23.7. The third kappa shape index (κ3) is 68.4. The van der Waals surface area contributed by atoms with Crippen LogP contribution in [-0.4, -0.2) is 49.3 Å². The van der Waals surface area contributed by atoms with Crippen LogP contribution in [0.5, 0.6) is 0 Å². The summed E-state index contributed by atoms with van der Waals surface area (Å²) in [4.78, 5) is 35.3. The number of hydrogen-bond acceptors (Lipinski definition) is 8. The zero-order valence-corrected chi connectivity index (χ0v) is 55.3. The molecule has 0 radical (unpaired) electrons. The number of carbonyl (C=O) groups excluding carboxylic acids is 2. The summed E-state index contributed by atoms with van der Waals surface area (Å²) in [6.07, 6.45) is 90.1. The van der Waals surface area contributed by atoms with Crippen LogP contribution in [0, 0.1) is 0 Å². The smallest absolute Gasteiger partial charge is 0.462 e. The summed E-state index contributed by atoms with van der Waals surface area (Å²) >= 11 is 0. The normalized spacial score (nSPS) is 13.3. The maximum Gasteiger partial charge on any atom is 0.472 e. The Kier molecular flexibility index (Phi) is 66.5. The Balaban J connectivity index is 3.78. The van der Waals surface area contributed by atoms with E-state index in [1.54, 1.807) is 0 Å². The van der Waals surface area contributed by atoms with Crippen LogP contribution in [0.25, 0.3) is 0 Å². The van der Waals surface area contributed by atoms with Crippen molar-refractivity contribution >= 4 is 19.8 Å². The molecule has 9 nitrogen and oxygen atoms in total. The van der Waals surface area contributed by atoms with Crippen molar-refractivity contribution in [3.63, 3.8) is 0 Å². The topological polar surface area (TPSA) is 134 Å². The Labute approximate surface area is 513 Å². The monoisotopic (exact) mass is 1180 g/mol. The molecule has 2 atom stereocenters. The Morgan fingerprint density at radius 1 is 0.373 bits per heavy atom. The van der Waals surface area contributed by atoms with E-state index >= 15 is 0 Å². The number of ether oxygens (including phenoxy) is 2. The molecule has 0 heterocycles. The van der Waals surface area contributed by atoms with Crippen LogP contribution in [0.3, 0.4) is 0 Å². The lowest BCUT2D eigenvalue weighted by Gasteiger charge is -2.19. The van der Waals surface area contributed by atoms with E-state index in [4.69, 9.17) is 24.3 Å². The minimum Gasteiger partial charge on any atom is -0.462 e. The summed E-state index contributed by atoms with van der Waals surface area (Å²) in [5.41, 5.74) is 5.40. The Morgan fingerprint density at radius 3 is 0.988 bits per heavy atom. The molecular weight excluding hydrogens is 1050 g/mol. The van der Waals surface area contributed by atoms with Crippen molar-refractivity contribution in [1.29, 1.82) is 0 Å². The third-order valence-electron chi connectivity index (χ3n) is 15.6. The number of phosphoric ester groups is 1. The van der Waals surface area contributed by atoms with Crippen molar-refractivity contribution in [2.75, 3.05) is 26.4 Å². The molecule has 10 heteroatoms. The highest BCUT2D eigenvalue weighted by Crippen LogP contribution is 2.43. The first-order valence-corrected chi connectivity index (χ1v) is 36.9. The van der Waals surface area contributed by atoms with Gasteiger partial charge in [-0.3, -0.25) is 18.6 Å². The van der Waals surface area contributed by atoms with Crippen molar-refractivity contribution in [2.45, 2.75) is 354 Å². The highest BCUT2D eigenvalue weighted by molar-refractivity contribution is 7.47.